The van der Waals surface area contributed by atoms with Crippen LogP contribution in [-0.4, -0.2) is 17.9 Å². The average Bonchev–Trinajstić information content (AvgIpc) is 2.59. The van der Waals surface area contributed by atoms with Crippen molar-refractivity contribution in [2.75, 3.05) is 7.05 Å². The van der Waals surface area contributed by atoms with Crippen LogP contribution in [0.3, 0.4) is 0 Å². The lowest BCUT2D eigenvalue weighted by Gasteiger charge is -2.10. The normalized spacial score (nSPS) is 10.4. The standard InChI is InChI=1S/C18H16N2O2/c1-19-18(21)14-10-15-16(20-11-14)8-5-9-17(15)22-12-13-6-3-2-4-7-13/h2-11H,12H2,1H3,(H,19,21). The summed E-state index contributed by atoms with van der Waals surface area (Å²) in [6.07, 6.45) is 1.57. The fraction of sp³-hybridized carbons (Fsp3) is 0.111. The number of aromatic nitrogens is 1. The van der Waals surface area contributed by atoms with Crippen LogP contribution < -0.4 is 10.1 Å². The molecular formula is C18H16N2O2. The first-order valence-corrected chi connectivity index (χ1v) is 7.05. The number of amides is 1. The number of carbonyl (C=O) groups is 1. The van der Waals surface area contributed by atoms with Gasteiger partial charge in [-0.05, 0) is 23.8 Å². The van der Waals surface area contributed by atoms with Crippen LogP contribution in [0.2, 0.25) is 0 Å². The molecule has 1 N–H and O–H groups in total. The smallest absolute Gasteiger partial charge is 0.252 e. The van der Waals surface area contributed by atoms with Gasteiger partial charge in [-0.25, -0.2) is 0 Å². The summed E-state index contributed by atoms with van der Waals surface area (Å²) < 4.78 is 5.90. The van der Waals surface area contributed by atoms with E-state index in [-0.39, 0.29) is 5.91 Å². The first kappa shape index (κ1) is 14.1. The summed E-state index contributed by atoms with van der Waals surface area (Å²) in [5.41, 5.74) is 2.42. The van der Waals surface area contributed by atoms with E-state index in [1.165, 1.54) is 0 Å². The molecule has 0 aliphatic carbocycles. The van der Waals surface area contributed by atoms with Gasteiger partial charge in [0.1, 0.15) is 12.4 Å². The zero-order chi connectivity index (χ0) is 15.4. The van der Waals surface area contributed by atoms with Gasteiger partial charge in [0, 0.05) is 18.6 Å². The summed E-state index contributed by atoms with van der Waals surface area (Å²) in [7, 11) is 1.60. The summed E-state index contributed by atoms with van der Waals surface area (Å²) in [4.78, 5) is 16.1. The van der Waals surface area contributed by atoms with E-state index in [1.807, 2.05) is 54.6 Å². The number of benzene rings is 2. The van der Waals surface area contributed by atoms with Crippen LogP contribution in [-0.2, 0) is 6.61 Å². The van der Waals surface area contributed by atoms with Crippen molar-refractivity contribution in [3.8, 4) is 5.75 Å². The van der Waals surface area contributed by atoms with E-state index in [1.54, 1.807) is 13.2 Å². The van der Waals surface area contributed by atoms with Crippen molar-refractivity contribution in [1.82, 2.24) is 10.3 Å². The molecule has 0 saturated heterocycles. The van der Waals surface area contributed by atoms with E-state index in [9.17, 15) is 4.79 Å². The van der Waals surface area contributed by atoms with E-state index < -0.39 is 0 Å². The Morgan fingerprint density at radius 1 is 1.14 bits per heavy atom. The fourth-order valence-corrected chi connectivity index (χ4v) is 2.25. The van der Waals surface area contributed by atoms with Crippen molar-refractivity contribution in [2.45, 2.75) is 6.61 Å². The molecule has 3 rings (SSSR count). The molecule has 2 aromatic carbocycles. The van der Waals surface area contributed by atoms with Crippen LogP contribution in [0.15, 0.2) is 60.8 Å². The van der Waals surface area contributed by atoms with Gasteiger partial charge in [-0.2, -0.15) is 0 Å². The molecule has 0 fully saturated rings. The number of pyridine rings is 1. The quantitative estimate of drug-likeness (QED) is 0.803. The zero-order valence-corrected chi connectivity index (χ0v) is 12.2. The molecule has 0 saturated carbocycles. The minimum absolute atomic E-state index is 0.160. The number of nitrogens with zero attached hydrogens (tertiary/aromatic N) is 1. The predicted octanol–water partition coefficient (Wildman–Crippen LogP) is 3.17. The molecule has 4 heteroatoms. The Bertz CT molecular complexity index is 801. The minimum atomic E-state index is -0.160. The fourth-order valence-electron chi connectivity index (χ4n) is 2.25. The van der Waals surface area contributed by atoms with E-state index in [4.69, 9.17) is 4.74 Å². The lowest BCUT2D eigenvalue weighted by atomic mass is 10.1. The second-order valence-corrected chi connectivity index (χ2v) is 4.90. The number of hydrogen-bond donors (Lipinski definition) is 1. The Morgan fingerprint density at radius 3 is 2.73 bits per heavy atom. The highest BCUT2D eigenvalue weighted by Crippen LogP contribution is 2.25. The molecular weight excluding hydrogens is 276 g/mol. The summed E-state index contributed by atoms with van der Waals surface area (Å²) in [5.74, 6) is 0.562. The van der Waals surface area contributed by atoms with Crippen LogP contribution in [0.4, 0.5) is 0 Å². The van der Waals surface area contributed by atoms with Gasteiger partial charge in [0.25, 0.3) is 5.91 Å². The molecule has 0 bridgehead atoms. The molecule has 0 radical (unpaired) electrons. The van der Waals surface area contributed by atoms with Crippen LogP contribution in [0, 0.1) is 0 Å². The van der Waals surface area contributed by atoms with Crippen LogP contribution in [0.1, 0.15) is 15.9 Å². The Hall–Kier alpha value is -2.88. The summed E-state index contributed by atoms with van der Waals surface area (Å²) >= 11 is 0. The molecule has 0 atom stereocenters. The lowest BCUT2D eigenvalue weighted by Crippen LogP contribution is -2.17. The number of hydrogen-bond acceptors (Lipinski definition) is 3. The van der Waals surface area contributed by atoms with E-state index in [0.717, 1.165) is 22.2 Å². The average molecular weight is 292 g/mol. The molecule has 3 aromatic rings. The monoisotopic (exact) mass is 292 g/mol. The number of carbonyl (C=O) groups excluding carboxylic acids is 1. The summed E-state index contributed by atoms with van der Waals surface area (Å²) in [5, 5.41) is 3.44. The molecule has 22 heavy (non-hydrogen) atoms. The third-order valence-electron chi connectivity index (χ3n) is 3.41. The highest BCUT2D eigenvalue weighted by Gasteiger charge is 2.09. The number of nitrogens with one attached hydrogen (secondary N) is 1. The molecule has 1 amide bonds. The number of fused-ring (bicyclic) bond motifs is 1. The maximum Gasteiger partial charge on any atom is 0.252 e. The van der Waals surface area contributed by atoms with Crippen molar-refractivity contribution in [1.29, 1.82) is 0 Å². The van der Waals surface area contributed by atoms with Crippen molar-refractivity contribution < 1.29 is 9.53 Å². The number of ether oxygens (including phenoxy) is 1. The van der Waals surface area contributed by atoms with Crippen LogP contribution in [0.25, 0.3) is 10.9 Å². The Balaban J connectivity index is 1.93. The third-order valence-corrected chi connectivity index (χ3v) is 3.41. The zero-order valence-electron chi connectivity index (χ0n) is 12.2. The van der Waals surface area contributed by atoms with Gasteiger partial charge in [-0.1, -0.05) is 36.4 Å². The molecule has 110 valence electrons. The van der Waals surface area contributed by atoms with Gasteiger partial charge in [-0.15, -0.1) is 0 Å². The maximum absolute atomic E-state index is 11.8. The molecule has 4 nitrogen and oxygen atoms in total. The van der Waals surface area contributed by atoms with Gasteiger partial charge in [0.2, 0.25) is 0 Å². The van der Waals surface area contributed by atoms with Crippen molar-refractivity contribution in [3.63, 3.8) is 0 Å². The lowest BCUT2D eigenvalue weighted by molar-refractivity contribution is 0.0963. The van der Waals surface area contributed by atoms with E-state index in [2.05, 4.69) is 10.3 Å². The topological polar surface area (TPSA) is 51.2 Å². The van der Waals surface area contributed by atoms with Crippen LogP contribution in [0.5, 0.6) is 5.75 Å². The highest BCUT2D eigenvalue weighted by atomic mass is 16.5. The molecule has 0 unspecified atom stereocenters. The molecule has 1 aromatic heterocycles. The highest BCUT2D eigenvalue weighted by molar-refractivity contribution is 5.98. The van der Waals surface area contributed by atoms with Gasteiger partial charge in [-0.3, -0.25) is 9.78 Å². The van der Waals surface area contributed by atoms with Crippen molar-refractivity contribution in [2.24, 2.45) is 0 Å². The third kappa shape index (κ3) is 2.91. The molecule has 0 aliphatic rings. The molecule has 0 spiro atoms. The molecule has 0 aliphatic heterocycles. The SMILES string of the molecule is CNC(=O)c1cnc2cccc(OCc3ccccc3)c2c1. The number of rotatable bonds is 4. The maximum atomic E-state index is 11.8. The summed E-state index contributed by atoms with van der Waals surface area (Å²) in [6.45, 7) is 0.476. The Labute approximate surface area is 128 Å². The van der Waals surface area contributed by atoms with Crippen molar-refractivity contribution >= 4 is 16.8 Å². The minimum Gasteiger partial charge on any atom is -0.488 e. The first-order valence-electron chi connectivity index (χ1n) is 7.05. The second-order valence-electron chi connectivity index (χ2n) is 4.90. The van der Waals surface area contributed by atoms with E-state index >= 15 is 0 Å². The van der Waals surface area contributed by atoms with Gasteiger partial charge >= 0.3 is 0 Å². The molecule has 1 heterocycles. The Kier molecular flexibility index (Phi) is 4.01. The second kappa shape index (κ2) is 6.26. The first-order chi connectivity index (χ1) is 10.8. The van der Waals surface area contributed by atoms with Gasteiger partial charge in [0.15, 0.2) is 0 Å². The van der Waals surface area contributed by atoms with Gasteiger partial charge in [0.05, 0.1) is 11.1 Å². The van der Waals surface area contributed by atoms with Crippen LogP contribution >= 0.6 is 0 Å². The van der Waals surface area contributed by atoms with Crippen molar-refractivity contribution in [3.05, 3.63) is 71.9 Å². The van der Waals surface area contributed by atoms with Gasteiger partial charge < -0.3 is 10.1 Å². The Morgan fingerprint density at radius 2 is 1.95 bits per heavy atom. The predicted molar refractivity (Wildman–Crippen MR) is 85.9 cm³/mol. The largest absolute Gasteiger partial charge is 0.488 e. The summed E-state index contributed by atoms with van der Waals surface area (Å²) in [6, 6.07) is 17.5. The van der Waals surface area contributed by atoms with E-state index in [0.29, 0.717) is 12.2 Å².